The van der Waals surface area contributed by atoms with Crippen LogP contribution in [-0.4, -0.2) is 15.1 Å². The number of rotatable bonds is 7. The average Bonchev–Trinajstić information content (AvgIpc) is 3.02. The number of hydrogen-bond acceptors (Lipinski definition) is 4. The highest BCUT2D eigenvalue weighted by molar-refractivity contribution is 5.79. The molecule has 6 aromatic rings. The number of phenols is 1. The van der Waals surface area contributed by atoms with Crippen LogP contribution in [0.2, 0.25) is 0 Å². The molecule has 4 aromatic carbocycles. The molecule has 0 fully saturated rings. The molecule has 0 aliphatic rings. The number of benzene rings is 4. The maximum atomic E-state index is 11.0. The van der Waals surface area contributed by atoms with Crippen molar-refractivity contribution in [3.05, 3.63) is 157 Å². The molecular weight excluding hydrogens is 490 g/mol. The molecule has 194 valence electrons. The predicted octanol–water partition coefficient (Wildman–Crippen LogP) is 9.14. The van der Waals surface area contributed by atoms with Gasteiger partial charge in [0.05, 0.1) is 11.4 Å². The lowest BCUT2D eigenvalue weighted by atomic mass is 9.88. The summed E-state index contributed by atoms with van der Waals surface area (Å²) in [5.41, 5.74) is 7.53. The fourth-order valence-electron chi connectivity index (χ4n) is 5.13. The minimum absolute atomic E-state index is 0.0925. The lowest BCUT2D eigenvalue weighted by molar-refractivity contribution is 0.476. The lowest BCUT2D eigenvalue weighted by Gasteiger charge is -2.24. The molecule has 0 amide bonds. The summed E-state index contributed by atoms with van der Waals surface area (Å²) in [4.78, 5) is 11.8. The van der Waals surface area contributed by atoms with Gasteiger partial charge in [0, 0.05) is 34.6 Å². The number of phenolic OH excluding ortho intramolecular Hbond substituents is 1. The van der Waals surface area contributed by atoms with Crippen molar-refractivity contribution in [2.75, 3.05) is 4.90 Å². The molecule has 0 spiro atoms. The van der Waals surface area contributed by atoms with Crippen molar-refractivity contribution in [2.45, 2.75) is 12.8 Å². The molecule has 0 bridgehead atoms. The first-order chi connectivity index (χ1) is 19.7. The summed E-state index contributed by atoms with van der Waals surface area (Å²) in [5, 5.41) is 11.0. The van der Waals surface area contributed by atoms with Gasteiger partial charge in [0.1, 0.15) is 11.6 Å². The zero-order valence-corrected chi connectivity index (χ0v) is 22.2. The van der Waals surface area contributed by atoms with E-state index in [1.165, 1.54) is 5.56 Å². The van der Waals surface area contributed by atoms with E-state index in [0.29, 0.717) is 0 Å². The number of hydrogen-bond donors (Lipinski definition) is 1. The van der Waals surface area contributed by atoms with E-state index in [4.69, 9.17) is 4.98 Å². The van der Waals surface area contributed by atoms with Crippen molar-refractivity contribution in [2.24, 2.45) is 0 Å². The summed E-state index contributed by atoms with van der Waals surface area (Å²) in [5.74, 6) is 1.15. The second-order valence-corrected chi connectivity index (χ2v) is 9.69. The van der Waals surface area contributed by atoms with Gasteiger partial charge in [0.2, 0.25) is 0 Å². The van der Waals surface area contributed by atoms with Crippen LogP contribution < -0.4 is 4.90 Å². The predicted molar refractivity (Wildman–Crippen MR) is 163 cm³/mol. The molecule has 1 unspecified atom stereocenters. The molecule has 0 saturated heterocycles. The maximum Gasteiger partial charge on any atom is 0.137 e. The molecule has 2 aromatic heterocycles. The zero-order chi connectivity index (χ0) is 27.3. The van der Waals surface area contributed by atoms with Gasteiger partial charge < -0.3 is 5.11 Å². The van der Waals surface area contributed by atoms with E-state index in [0.717, 1.165) is 45.3 Å². The minimum atomic E-state index is 0.0925. The van der Waals surface area contributed by atoms with E-state index in [9.17, 15) is 5.11 Å². The van der Waals surface area contributed by atoms with Gasteiger partial charge in [-0.25, -0.2) is 9.97 Å². The molecule has 40 heavy (non-hydrogen) atoms. The molecule has 4 nitrogen and oxygen atoms in total. The Morgan fingerprint density at radius 1 is 0.625 bits per heavy atom. The summed E-state index contributed by atoms with van der Waals surface area (Å²) in [6, 6.07) is 46.5. The van der Waals surface area contributed by atoms with E-state index in [1.54, 1.807) is 12.3 Å². The van der Waals surface area contributed by atoms with Crippen LogP contribution in [-0.2, 0) is 0 Å². The summed E-state index contributed by atoms with van der Waals surface area (Å²) < 4.78 is 0. The van der Waals surface area contributed by atoms with Crippen molar-refractivity contribution in [1.82, 2.24) is 9.97 Å². The standard InChI is InChI=1S/C36H29N3O/c1-26(27-13-4-2-5-14-27)31-19-11-22-34(40)36(31)33-21-12-20-32(38-33)28-15-10-18-30(25-28)39(29-16-6-3-7-17-29)35-23-8-9-24-37-35/h2-26,40H,1H3. The molecule has 0 saturated carbocycles. The number of aromatic nitrogens is 2. The van der Waals surface area contributed by atoms with Gasteiger partial charge >= 0.3 is 0 Å². The van der Waals surface area contributed by atoms with Crippen LogP contribution in [0.4, 0.5) is 17.2 Å². The summed E-state index contributed by atoms with van der Waals surface area (Å²) in [7, 11) is 0. The largest absolute Gasteiger partial charge is 0.507 e. The van der Waals surface area contributed by atoms with Gasteiger partial charge in [-0.3, -0.25) is 4.90 Å². The quantitative estimate of drug-likeness (QED) is 0.228. The summed E-state index contributed by atoms with van der Waals surface area (Å²) >= 11 is 0. The first-order valence-corrected chi connectivity index (χ1v) is 13.4. The van der Waals surface area contributed by atoms with E-state index in [1.807, 2.05) is 84.9 Å². The first-order valence-electron chi connectivity index (χ1n) is 13.4. The molecule has 1 N–H and O–H groups in total. The molecule has 6 rings (SSSR count). The first kappa shape index (κ1) is 25.1. The van der Waals surface area contributed by atoms with Crippen molar-refractivity contribution < 1.29 is 5.11 Å². The van der Waals surface area contributed by atoms with Crippen LogP contribution in [0.15, 0.2) is 146 Å². The Kier molecular flexibility index (Phi) is 7.06. The highest BCUT2D eigenvalue weighted by Crippen LogP contribution is 2.39. The van der Waals surface area contributed by atoms with Gasteiger partial charge in [0.25, 0.3) is 0 Å². The van der Waals surface area contributed by atoms with Gasteiger partial charge in [-0.2, -0.15) is 0 Å². The Bertz CT molecular complexity index is 1680. The highest BCUT2D eigenvalue weighted by Gasteiger charge is 2.19. The van der Waals surface area contributed by atoms with Crippen LogP contribution in [0.3, 0.4) is 0 Å². The Morgan fingerprint density at radius 2 is 1.30 bits per heavy atom. The van der Waals surface area contributed by atoms with E-state index in [-0.39, 0.29) is 11.7 Å². The van der Waals surface area contributed by atoms with E-state index >= 15 is 0 Å². The van der Waals surface area contributed by atoms with E-state index < -0.39 is 0 Å². The van der Waals surface area contributed by atoms with Crippen LogP contribution in [0.25, 0.3) is 22.5 Å². The molecule has 2 heterocycles. The van der Waals surface area contributed by atoms with Crippen LogP contribution in [0.1, 0.15) is 24.0 Å². The Hall–Kier alpha value is -5.22. The number of anilines is 3. The summed E-state index contributed by atoms with van der Waals surface area (Å²) in [6.07, 6.45) is 1.81. The molecule has 4 heteroatoms. The normalized spacial score (nSPS) is 11.6. The monoisotopic (exact) mass is 519 g/mol. The number of para-hydroxylation sites is 1. The smallest absolute Gasteiger partial charge is 0.137 e. The summed E-state index contributed by atoms with van der Waals surface area (Å²) in [6.45, 7) is 2.16. The third-order valence-electron chi connectivity index (χ3n) is 7.14. The Balaban J connectivity index is 1.42. The Morgan fingerprint density at radius 3 is 2.08 bits per heavy atom. The fourth-order valence-corrected chi connectivity index (χ4v) is 5.13. The number of nitrogens with zero attached hydrogens (tertiary/aromatic N) is 3. The number of aromatic hydroxyl groups is 1. The van der Waals surface area contributed by atoms with Crippen LogP contribution >= 0.6 is 0 Å². The SMILES string of the molecule is CC(c1ccccc1)c1cccc(O)c1-c1cccc(-c2cccc(N(c3ccccc3)c3ccccn3)c2)n1. The van der Waals surface area contributed by atoms with Gasteiger partial charge in [-0.05, 0) is 65.7 Å². The van der Waals surface area contributed by atoms with E-state index in [2.05, 4.69) is 65.3 Å². The molecule has 0 radical (unpaired) electrons. The van der Waals surface area contributed by atoms with Crippen molar-refractivity contribution >= 4 is 17.2 Å². The van der Waals surface area contributed by atoms with Crippen LogP contribution in [0, 0.1) is 0 Å². The number of pyridine rings is 2. The van der Waals surface area contributed by atoms with Crippen molar-refractivity contribution in [3.8, 4) is 28.3 Å². The topological polar surface area (TPSA) is 49.2 Å². The van der Waals surface area contributed by atoms with Crippen molar-refractivity contribution in [1.29, 1.82) is 0 Å². The van der Waals surface area contributed by atoms with Gasteiger partial charge in [-0.15, -0.1) is 0 Å². The van der Waals surface area contributed by atoms with Crippen molar-refractivity contribution in [3.63, 3.8) is 0 Å². The maximum absolute atomic E-state index is 11.0. The average molecular weight is 520 g/mol. The molecule has 0 aliphatic heterocycles. The second kappa shape index (κ2) is 11.3. The van der Waals surface area contributed by atoms with Gasteiger partial charge in [0.15, 0.2) is 0 Å². The minimum Gasteiger partial charge on any atom is -0.507 e. The third-order valence-corrected chi connectivity index (χ3v) is 7.14. The fraction of sp³-hybridized carbons (Fsp3) is 0.0556. The third kappa shape index (κ3) is 5.07. The lowest BCUT2D eigenvalue weighted by Crippen LogP contribution is -2.11. The molecule has 1 atom stereocenters. The molecular formula is C36H29N3O. The van der Waals surface area contributed by atoms with Gasteiger partial charge in [-0.1, -0.05) is 91.9 Å². The molecule has 0 aliphatic carbocycles. The highest BCUT2D eigenvalue weighted by atomic mass is 16.3. The van der Waals surface area contributed by atoms with Crippen LogP contribution in [0.5, 0.6) is 5.75 Å². The zero-order valence-electron chi connectivity index (χ0n) is 22.2. The second-order valence-electron chi connectivity index (χ2n) is 9.69. The Labute approximate surface area is 234 Å².